The van der Waals surface area contributed by atoms with Crippen molar-refractivity contribution in [3.63, 3.8) is 0 Å². The molecule has 1 aromatic carbocycles. The predicted octanol–water partition coefficient (Wildman–Crippen LogP) is 2.38. The van der Waals surface area contributed by atoms with E-state index in [1.807, 2.05) is 25.1 Å². The normalized spacial score (nSPS) is 14.2. The van der Waals surface area contributed by atoms with Gasteiger partial charge in [-0.25, -0.2) is 0 Å². The van der Waals surface area contributed by atoms with Gasteiger partial charge >= 0.3 is 5.97 Å². The number of hydrogen-bond acceptors (Lipinski definition) is 2. The summed E-state index contributed by atoms with van der Waals surface area (Å²) in [5.41, 5.74) is 1.98. The van der Waals surface area contributed by atoms with Gasteiger partial charge in [-0.2, -0.15) is 0 Å². The third-order valence-corrected chi connectivity index (χ3v) is 3.75. The third-order valence-electron chi connectivity index (χ3n) is 3.26. The minimum absolute atomic E-state index is 0.102. The highest BCUT2D eigenvalue weighted by Crippen LogP contribution is 2.27. The van der Waals surface area contributed by atoms with E-state index >= 15 is 0 Å². The third kappa shape index (κ3) is 3.80. The Hall–Kier alpha value is -1.36. The van der Waals surface area contributed by atoms with E-state index in [9.17, 15) is 9.59 Å². The van der Waals surface area contributed by atoms with Crippen LogP contribution in [0.25, 0.3) is 0 Å². The lowest BCUT2D eigenvalue weighted by atomic mass is 10.1. The number of aliphatic carboxylic acids is 1. The highest BCUT2D eigenvalue weighted by molar-refractivity contribution is 9.10. The van der Waals surface area contributed by atoms with Crippen LogP contribution in [-0.2, 0) is 16.0 Å². The van der Waals surface area contributed by atoms with Crippen molar-refractivity contribution >= 4 is 27.8 Å². The van der Waals surface area contributed by atoms with Gasteiger partial charge in [-0.1, -0.05) is 22.0 Å². The number of carboxylic acids is 1. The first-order valence-corrected chi connectivity index (χ1v) is 7.03. The molecule has 0 aromatic heterocycles. The average molecular weight is 326 g/mol. The Morgan fingerprint density at radius 3 is 2.63 bits per heavy atom. The largest absolute Gasteiger partial charge is 0.480 e. The molecule has 0 aliphatic heterocycles. The lowest BCUT2D eigenvalue weighted by molar-refractivity contribution is -0.144. The van der Waals surface area contributed by atoms with Crippen LogP contribution in [0, 0.1) is 6.92 Å². The molecule has 2 rings (SSSR count). The average Bonchev–Trinajstić information content (AvgIpc) is 3.13. The van der Waals surface area contributed by atoms with Crippen molar-refractivity contribution < 1.29 is 14.7 Å². The van der Waals surface area contributed by atoms with Gasteiger partial charge in [0.1, 0.15) is 6.54 Å². The number of amides is 1. The summed E-state index contributed by atoms with van der Waals surface area (Å²) in [4.78, 5) is 24.5. The molecule has 0 unspecified atom stereocenters. The van der Waals surface area contributed by atoms with Gasteiger partial charge in [-0.15, -0.1) is 0 Å². The first kappa shape index (κ1) is 14.1. The Balaban J connectivity index is 2.07. The Morgan fingerprint density at radius 1 is 1.42 bits per heavy atom. The zero-order chi connectivity index (χ0) is 14.0. The molecule has 1 aliphatic rings. The Labute approximate surface area is 120 Å². The van der Waals surface area contributed by atoms with Crippen molar-refractivity contribution in [2.45, 2.75) is 32.2 Å². The fourth-order valence-electron chi connectivity index (χ4n) is 2.07. The highest BCUT2D eigenvalue weighted by Gasteiger charge is 2.33. The molecule has 19 heavy (non-hydrogen) atoms. The SMILES string of the molecule is Cc1cc(Br)ccc1CC(=O)N(CC(=O)O)C1CC1. The molecule has 0 radical (unpaired) electrons. The van der Waals surface area contributed by atoms with E-state index in [4.69, 9.17) is 5.11 Å². The number of rotatable bonds is 5. The molecule has 1 N–H and O–H groups in total. The summed E-state index contributed by atoms with van der Waals surface area (Å²) >= 11 is 3.38. The Kier molecular flexibility index (Phi) is 4.24. The summed E-state index contributed by atoms with van der Waals surface area (Å²) in [6, 6.07) is 5.89. The van der Waals surface area contributed by atoms with Crippen LogP contribution in [0.1, 0.15) is 24.0 Å². The minimum atomic E-state index is -0.951. The maximum absolute atomic E-state index is 12.2. The molecule has 0 spiro atoms. The lowest BCUT2D eigenvalue weighted by Crippen LogP contribution is -2.38. The van der Waals surface area contributed by atoms with Crippen LogP contribution in [0.15, 0.2) is 22.7 Å². The molecule has 0 heterocycles. The molecule has 1 aliphatic carbocycles. The Bertz CT molecular complexity index is 511. The predicted molar refractivity (Wildman–Crippen MR) is 75.0 cm³/mol. The molecule has 1 saturated carbocycles. The monoisotopic (exact) mass is 325 g/mol. The fraction of sp³-hybridized carbons (Fsp3) is 0.429. The number of carbonyl (C=O) groups excluding carboxylic acids is 1. The summed E-state index contributed by atoms with van der Waals surface area (Å²) in [5, 5.41) is 8.87. The highest BCUT2D eigenvalue weighted by atomic mass is 79.9. The second-order valence-corrected chi connectivity index (χ2v) is 5.81. The number of benzene rings is 1. The summed E-state index contributed by atoms with van der Waals surface area (Å²) in [6.07, 6.45) is 2.10. The number of aryl methyl sites for hydroxylation is 1. The molecule has 4 nitrogen and oxygen atoms in total. The van der Waals surface area contributed by atoms with Gasteiger partial charge in [0.05, 0.1) is 6.42 Å². The summed E-state index contributed by atoms with van der Waals surface area (Å²) in [5.74, 6) is -1.05. The van der Waals surface area contributed by atoms with Gasteiger partial charge in [-0.05, 0) is 43.0 Å². The molecule has 0 bridgehead atoms. The van der Waals surface area contributed by atoms with E-state index in [0.717, 1.165) is 28.4 Å². The molecular formula is C14H16BrNO3. The summed E-state index contributed by atoms with van der Waals surface area (Å²) in [6.45, 7) is 1.76. The standard InChI is InChI=1S/C14H16BrNO3/c1-9-6-11(15)3-2-10(9)7-13(17)16(8-14(18)19)12-4-5-12/h2-3,6,12H,4-5,7-8H2,1H3,(H,18,19). The minimum Gasteiger partial charge on any atom is -0.480 e. The van der Waals surface area contributed by atoms with Crippen LogP contribution in [0.3, 0.4) is 0 Å². The molecule has 0 atom stereocenters. The van der Waals surface area contributed by atoms with Crippen LogP contribution in [0.5, 0.6) is 0 Å². The van der Waals surface area contributed by atoms with Crippen LogP contribution < -0.4 is 0 Å². The summed E-state index contributed by atoms with van der Waals surface area (Å²) < 4.78 is 0.978. The molecular weight excluding hydrogens is 310 g/mol. The number of carbonyl (C=O) groups is 2. The van der Waals surface area contributed by atoms with Crippen molar-refractivity contribution in [2.75, 3.05) is 6.54 Å². The maximum Gasteiger partial charge on any atom is 0.323 e. The maximum atomic E-state index is 12.2. The zero-order valence-electron chi connectivity index (χ0n) is 10.7. The number of hydrogen-bond donors (Lipinski definition) is 1. The molecule has 102 valence electrons. The quantitative estimate of drug-likeness (QED) is 0.904. The molecule has 0 saturated heterocycles. The van der Waals surface area contributed by atoms with E-state index in [1.54, 1.807) is 0 Å². The van der Waals surface area contributed by atoms with Gasteiger partial charge in [0.2, 0.25) is 5.91 Å². The molecule has 5 heteroatoms. The van der Waals surface area contributed by atoms with E-state index in [0.29, 0.717) is 0 Å². The van der Waals surface area contributed by atoms with Gasteiger partial charge in [0, 0.05) is 10.5 Å². The van der Waals surface area contributed by atoms with Crippen molar-refractivity contribution in [3.8, 4) is 0 Å². The van der Waals surface area contributed by atoms with Crippen molar-refractivity contribution in [1.82, 2.24) is 4.90 Å². The van der Waals surface area contributed by atoms with Crippen molar-refractivity contribution in [1.29, 1.82) is 0 Å². The zero-order valence-corrected chi connectivity index (χ0v) is 12.3. The van der Waals surface area contributed by atoms with Gasteiger partial charge in [0.15, 0.2) is 0 Å². The van der Waals surface area contributed by atoms with Crippen molar-refractivity contribution in [3.05, 3.63) is 33.8 Å². The summed E-state index contributed by atoms with van der Waals surface area (Å²) in [7, 11) is 0. The van der Waals surface area contributed by atoms with Crippen LogP contribution in [-0.4, -0.2) is 34.5 Å². The molecule has 1 aromatic rings. The molecule has 1 fully saturated rings. The second-order valence-electron chi connectivity index (χ2n) is 4.89. The number of nitrogens with zero attached hydrogens (tertiary/aromatic N) is 1. The fourth-order valence-corrected chi connectivity index (χ4v) is 2.55. The van der Waals surface area contributed by atoms with Gasteiger partial charge in [0.25, 0.3) is 0 Å². The van der Waals surface area contributed by atoms with Crippen molar-refractivity contribution in [2.24, 2.45) is 0 Å². The Morgan fingerprint density at radius 2 is 2.11 bits per heavy atom. The van der Waals surface area contributed by atoms with Crippen LogP contribution in [0.2, 0.25) is 0 Å². The topological polar surface area (TPSA) is 57.6 Å². The van der Waals surface area contributed by atoms with Crippen LogP contribution >= 0.6 is 15.9 Å². The van der Waals surface area contributed by atoms with E-state index < -0.39 is 5.97 Å². The van der Waals surface area contributed by atoms with E-state index in [-0.39, 0.29) is 24.9 Å². The number of carboxylic acid groups (broad SMARTS) is 1. The number of halogens is 1. The first-order valence-electron chi connectivity index (χ1n) is 6.23. The van der Waals surface area contributed by atoms with Gasteiger partial charge < -0.3 is 10.0 Å². The van der Waals surface area contributed by atoms with E-state index in [2.05, 4.69) is 15.9 Å². The van der Waals surface area contributed by atoms with Crippen LogP contribution in [0.4, 0.5) is 0 Å². The smallest absolute Gasteiger partial charge is 0.323 e. The molecule has 1 amide bonds. The van der Waals surface area contributed by atoms with Gasteiger partial charge in [-0.3, -0.25) is 9.59 Å². The second kappa shape index (κ2) is 5.74. The lowest BCUT2D eigenvalue weighted by Gasteiger charge is -2.20. The van der Waals surface area contributed by atoms with E-state index in [1.165, 1.54) is 4.90 Å². The first-order chi connectivity index (χ1) is 8.97.